The fourth-order valence-electron chi connectivity index (χ4n) is 3.83. The number of hydrogen-bond donors (Lipinski definition) is 1. The summed E-state index contributed by atoms with van der Waals surface area (Å²) in [5.74, 6) is 0.348. The van der Waals surface area contributed by atoms with Crippen LogP contribution in [0, 0.1) is 25.2 Å². The van der Waals surface area contributed by atoms with Gasteiger partial charge in [-0.2, -0.15) is 10.4 Å². The minimum atomic E-state index is -0.605. The van der Waals surface area contributed by atoms with Gasteiger partial charge in [0.1, 0.15) is 11.6 Å². The Kier molecular flexibility index (Phi) is 7.68. The predicted octanol–water partition coefficient (Wildman–Crippen LogP) is 2.59. The van der Waals surface area contributed by atoms with Crippen LogP contribution in [0.25, 0.3) is 5.65 Å². The van der Waals surface area contributed by atoms with Gasteiger partial charge in [-0.25, -0.2) is 9.50 Å². The van der Waals surface area contributed by atoms with Crippen molar-refractivity contribution in [1.82, 2.24) is 19.9 Å². The third-order valence-corrected chi connectivity index (χ3v) is 5.67. The zero-order valence-electron chi connectivity index (χ0n) is 19.8. The van der Waals surface area contributed by atoms with E-state index in [4.69, 9.17) is 14.2 Å². The Morgan fingerprint density at radius 2 is 1.91 bits per heavy atom. The molecule has 1 amide bonds. The van der Waals surface area contributed by atoms with Gasteiger partial charge in [0.25, 0.3) is 0 Å². The molecule has 34 heavy (non-hydrogen) atoms. The van der Waals surface area contributed by atoms with E-state index >= 15 is 0 Å². The van der Waals surface area contributed by atoms with E-state index < -0.39 is 12.0 Å². The minimum absolute atomic E-state index is 0.0342. The Bertz CT molecular complexity index is 1260. The van der Waals surface area contributed by atoms with Crippen molar-refractivity contribution in [1.29, 1.82) is 5.26 Å². The first-order valence-electron chi connectivity index (χ1n) is 10.6. The highest BCUT2D eigenvalue weighted by Crippen LogP contribution is 2.31. The van der Waals surface area contributed by atoms with E-state index in [1.165, 1.54) is 27.5 Å². The number of fused-ring (bicyclic) bond motifs is 1. The molecule has 1 atom stereocenters. The molecule has 0 aliphatic rings. The summed E-state index contributed by atoms with van der Waals surface area (Å²) in [6.45, 7) is 3.73. The van der Waals surface area contributed by atoms with Gasteiger partial charge in [-0.15, -0.1) is 0 Å². The van der Waals surface area contributed by atoms with Crippen molar-refractivity contribution in [2.75, 3.05) is 21.3 Å². The zero-order chi connectivity index (χ0) is 24.8. The SMILES string of the molecule is COC(=O)CC(NC(=O)CCc1c(C)nc2c(C#N)cnn2c1C)c1ccc(OC)c(OC)c1. The summed E-state index contributed by atoms with van der Waals surface area (Å²) in [5.41, 5.74) is 4.02. The quantitative estimate of drug-likeness (QED) is 0.478. The second kappa shape index (κ2) is 10.7. The molecule has 2 heterocycles. The maximum absolute atomic E-state index is 12.9. The van der Waals surface area contributed by atoms with Crippen LogP contribution in [-0.2, 0) is 20.7 Å². The summed E-state index contributed by atoms with van der Waals surface area (Å²) in [6.07, 6.45) is 2.04. The van der Waals surface area contributed by atoms with E-state index in [0.717, 1.165) is 17.0 Å². The number of amides is 1. The Hall–Kier alpha value is -4.13. The molecular weight excluding hydrogens is 438 g/mol. The monoisotopic (exact) mass is 465 g/mol. The lowest BCUT2D eigenvalue weighted by molar-refractivity contribution is -0.141. The highest BCUT2D eigenvalue weighted by molar-refractivity contribution is 5.78. The molecule has 10 heteroatoms. The third-order valence-electron chi connectivity index (χ3n) is 5.67. The van der Waals surface area contributed by atoms with E-state index in [1.807, 2.05) is 13.8 Å². The Balaban J connectivity index is 1.79. The van der Waals surface area contributed by atoms with Gasteiger partial charge in [-0.1, -0.05) is 6.07 Å². The van der Waals surface area contributed by atoms with Crippen molar-refractivity contribution in [2.24, 2.45) is 0 Å². The van der Waals surface area contributed by atoms with Crippen molar-refractivity contribution >= 4 is 17.5 Å². The summed E-state index contributed by atoms with van der Waals surface area (Å²) in [6, 6.07) is 6.69. The van der Waals surface area contributed by atoms with E-state index in [1.54, 1.807) is 22.7 Å². The zero-order valence-corrected chi connectivity index (χ0v) is 19.8. The molecule has 3 aromatic rings. The van der Waals surface area contributed by atoms with Crippen LogP contribution in [-0.4, -0.2) is 47.8 Å². The fraction of sp³-hybridized carbons (Fsp3) is 0.375. The molecule has 2 aromatic heterocycles. The van der Waals surface area contributed by atoms with Gasteiger partial charge >= 0.3 is 5.97 Å². The lowest BCUT2D eigenvalue weighted by Gasteiger charge is -2.20. The number of aryl methyl sites for hydroxylation is 2. The van der Waals surface area contributed by atoms with Gasteiger partial charge in [-0.3, -0.25) is 9.59 Å². The fourth-order valence-corrected chi connectivity index (χ4v) is 3.83. The Morgan fingerprint density at radius 1 is 1.18 bits per heavy atom. The van der Waals surface area contributed by atoms with Crippen LogP contribution in [0.15, 0.2) is 24.4 Å². The van der Waals surface area contributed by atoms with Crippen LogP contribution >= 0.6 is 0 Å². The molecule has 178 valence electrons. The lowest BCUT2D eigenvalue weighted by atomic mass is 10.0. The van der Waals surface area contributed by atoms with Crippen molar-refractivity contribution in [3.63, 3.8) is 0 Å². The average molecular weight is 466 g/mol. The van der Waals surface area contributed by atoms with Gasteiger partial charge in [0.2, 0.25) is 5.91 Å². The molecule has 0 saturated heterocycles. The number of hydrogen-bond acceptors (Lipinski definition) is 8. The van der Waals surface area contributed by atoms with E-state index in [0.29, 0.717) is 34.7 Å². The largest absolute Gasteiger partial charge is 0.493 e. The number of nitrogens with one attached hydrogen (secondary N) is 1. The molecule has 0 saturated carbocycles. The highest BCUT2D eigenvalue weighted by Gasteiger charge is 2.21. The van der Waals surface area contributed by atoms with Crippen molar-refractivity contribution in [3.05, 3.63) is 52.5 Å². The normalized spacial score (nSPS) is 11.5. The predicted molar refractivity (Wildman–Crippen MR) is 123 cm³/mol. The Labute approximate surface area is 197 Å². The third kappa shape index (κ3) is 5.09. The molecule has 1 N–H and O–H groups in total. The number of nitriles is 1. The number of benzene rings is 1. The van der Waals surface area contributed by atoms with Gasteiger partial charge < -0.3 is 19.5 Å². The van der Waals surface area contributed by atoms with Crippen LogP contribution in [0.1, 0.15) is 47.0 Å². The summed E-state index contributed by atoms with van der Waals surface area (Å²) < 4.78 is 17.0. The van der Waals surface area contributed by atoms with Crippen molar-refractivity contribution in [2.45, 2.75) is 39.2 Å². The molecule has 1 unspecified atom stereocenters. The Morgan fingerprint density at radius 3 is 2.56 bits per heavy atom. The molecular formula is C24H27N5O5. The van der Waals surface area contributed by atoms with Gasteiger partial charge in [0.05, 0.1) is 40.0 Å². The maximum atomic E-state index is 12.9. The number of esters is 1. The number of ether oxygens (including phenoxy) is 3. The first-order valence-corrected chi connectivity index (χ1v) is 10.6. The topological polar surface area (TPSA) is 128 Å². The number of carbonyl (C=O) groups excluding carboxylic acids is 2. The highest BCUT2D eigenvalue weighted by atomic mass is 16.5. The molecule has 0 aliphatic carbocycles. The van der Waals surface area contributed by atoms with Crippen molar-refractivity contribution < 1.29 is 23.8 Å². The number of rotatable bonds is 9. The molecule has 10 nitrogen and oxygen atoms in total. The van der Waals surface area contributed by atoms with E-state index in [-0.39, 0.29) is 18.7 Å². The summed E-state index contributed by atoms with van der Waals surface area (Å²) >= 11 is 0. The molecule has 0 aliphatic heterocycles. The van der Waals surface area contributed by atoms with Crippen LogP contribution in [0.5, 0.6) is 11.5 Å². The number of nitrogens with zero attached hydrogens (tertiary/aromatic N) is 4. The van der Waals surface area contributed by atoms with Crippen LogP contribution in [0.3, 0.4) is 0 Å². The van der Waals surface area contributed by atoms with Gasteiger partial charge in [-0.05, 0) is 43.5 Å². The molecule has 3 rings (SSSR count). The second-order valence-electron chi connectivity index (χ2n) is 7.68. The summed E-state index contributed by atoms with van der Waals surface area (Å²) in [4.78, 5) is 29.4. The van der Waals surface area contributed by atoms with Crippen molar-refractivity contribution in [3.8, 4) is 17.6 Å². The number of aromatic nitrogens is 3. The average Bonchev–Trinajstić information content (AvgIpc) is 3.25. The number of methoxy groups -OCH3 is 3. The molecule has 0 fully saturated rings. The van der Waals surface area contributed by atoms with Crippen LogP contribution in [0.2, 0.25) is 0 Å². The maximum Gasteiger partial charge on any atom is 0.307 e. The minimum Gasteiger partial charge on any atom is -0.493 e. The number of carbonyl (C=O) groups is 2. The summed E-state index contributed by atoms with van der Waals surface area (Å²) in [7, 11) is 4.35. The van der Waals surface area contributed by atoms with Crippen LogP contribution < -0.4 is 14.8 Å². The van der Waals surface area contributed by atoms with Gasteiger partial charge in [0.15, 0.2) is 17.1 Å². The standard InChI is InChI=1S/C24H27N5O5/c1-14-18(15(2)29-24(27-14)17(12-25)13-26-29)7-9-22(30)28-19(11-23(31)34-5)16-6-8-20(32-3)21(10-16)33-4/h6,8,10,13,19H,7,9,11H2,1-5H3,(H,28,30). The molecule has 0 bridgehead atoms. The molecule has 0 spiro atoms. The summed E-state index contributed by atoms with van der Waals surface area (Å²) in [5, 5.41) is 16.4. The van der Waals surface area contributed by atoms with Crippen LogP contribution in [0.4, 0.5) is 0 Å². The second-order valence-corrected chi connectivity index (χ2v) is 7.68. The smallest absolute Gasteiger partial charge is 0.307 e. The van der Waals surface area contributed by atoms with E-state index in [9.17, 15) is 14.9 Å². The first-order chi connectivity index (χ1) is 16.3. The van der Waals surface area contributed by atoms with E-state index in [2.05, 4.69) is 21.5 Å². The first kappa shape index (κ1) is 24.5. The molecule has 0 radical (unpaired) electrons. The molecule has 1 aromatic carbocycles. The lowest BCUT2D eigenvalue weighted by Crippen LogP contribution is -2.30. The van der Waals surface area contributed by atoms with Gasteiger partial charge in [0, 0.05) is 17.8 Å².